The molecule has 0 atom stereocenters. The molecule has 0 fully saturated rings. The van der Waals surface area contributed by atoms with Gasteiger partial charge < -0.3 is 15.9 Å². The van der Waals surface area contributed by atoms with E-state index in [1.54, 1.807) is 19.2 Å². The first-order valence-electron chi connectivity index (χ1n) is 9.36. The minimum Gasteiger partial charge on any atom is -0.495 e. The average Bonchev–Trinajstić information content (AvgIpc) is 3.15. The molecular weight excluding hydrogens is 414 g/mol. The molecule has 4 N–H and O–H groups in total. The van der Waals surface area contributed by atoms with E-state index in [1.807, 2.05) is 61.5 Å². The summed E-state index contributed by atoms with van der Waals surface area (Å²) < 4.78 is 6.48. The number of hydrogen-bond donors (Lipinski definition) is 3. The Balaban J connectivity index is 1.53. The number of rotatable bonds is 9. The zero-order chi connectivity index (χ0) is 22.1. The number of thioether (sulfide) groups is 1. The fourth-order valence-electron chi connectivity index (χ4n) is 2.47. The maximum absolute atomic E-state index is 12.2. The predicted molar refractivity (Wildman–Crippen MR) is 125 cm³/mol. The Hall–Kier alpha value is -3.79. The zero-order valence-electron chi connectivity index (χ0n) is 17.1. The number of carbonyl (C=O) groups excluding carboxylic acids is 1. The van der Waals surface area contributed by atoms with Crippen LogP contribution in [0.5, 0.6) is 5.75 Å². The number of nitrogens with two attached hydrogens (primary N) is 1. The second-order valence-electron chi connectivity index (χ2n) is 6.32. The van der Waals surface area contributed by atoms with E-state index in [0.717, 1.165) is 23.0 Å². The second kappa shape index (κ2) is 10.8. The molecule has 0 radical (unpaired) electrons. The Bertz CT molecular complexity index is 1080. The van der Waals surface area contributed by atoms with Gasteiger partial charge in [0.25, 0.3) is 5.95 Å². The van der Waals surface area contributed by atoms with Gasteiger partial charge in [0.05, 0.1) is 24.3 Å². The van der Waals surface area contributed by atoms with E-state index >= 15 is 0 Å². The van der Waals surface area contributed by atoms with E-state index in [2.05, 4.69) is 26.0 Å². The monoisotopic (exact) mass is 437 g/mol. The Morgan fingerprint density at radius 3 is 2.71 bits per heavy atom. The number of nitrogen functional groups attached to an aromatic ring is 1. The molecule has 0 saturated heterocycles. The van der Waals surface area contributed by atoms with Gasteiger partial charge in [-0.15, -0.1) is 10.2 Å². The second-order valence-corrected chi connectivity index (χ2v) is 7.26. The Morgan fingerprint density at radius 1 is 1.19 bits per heavy atom. The zero-order valence-corrected chi connectivity index (χ0v) is 18.0. The minimum atomic E-state index is -0.216. The normalized spacial score (nSPS) is 11.5. The van der Waals surface area contributed by atoms with Gasteiger partial charge in [-0.05, 0) is 30.7 Å². The third-order valence-corrected chi connectivity index (χ3v) is 4.97. The Labute approximate surface area is 184 Å². The first kappa shape index (κ1) is 21.9. The molecule has 1 aromatic heterocycles. The van der Waals surface area contributed by atoms with E-state index in [-0.39, 0.29) is 17.6 Å². The van der Waals surface area contributed by atoms with Crippen LogP contribution in [0.1, 0.15) is 12.5 Å². The summed E-state index contributed by atoms with van der Waals surface area (Å²) >= 11 is 1.16. The number of hydrazone groups is 1. The smallest absolute Gasteiger partial charge is 0.264 e. The van der Waals surface area contributed by atoms with Gasteiger partial charge in [0.1, 0.15) is 5.75 Å². The SMILES string of the molecule is COc1ccccc1NC(=O)CSc1nnc(N/N=C(C)/C=C/c2ccccc2)n1N. The third kappa shape index (κ3) is 6.34. The molecule has 0 spiro atoms. The van der Waals surface area contributed by atoms with Crippen LogP contribution in [0.25, 0.3) is 6.08 Å². The van der Waals surface area contributed by atoms with Crippen LogP contribution in [0, 0.1) is 0 Å². The van der Waals surface area contributed by atoms with Gasteiger partial charge in [-0.25, -0.2) is 10.1 Å². The van der Waals surface area contributed by atoms with Crippen LogP contribution in [-0.2, 0) is 4.79 Å². The molecule has 0 saturated carbocycles. The molecule has 0 aliphatic carbocycles. The van der Waals surface area contributed by atoms with Gasteiger partial charge in [0.15, 0.2) is 0 Å². The average molecular weight is 438 g/mol. The van der Waals surface area contributed by atoms with Crippen LogP contribution >= 0.6 is 11.8 Å². The molecule has 1 heterocycles. The number of allylic oxidation sites excluding steroid dienone is 1. The van der Waals surface area contributed by atoms with Crippen molar-refractivity contribution in [2.24, 2.45) is 5.10 Å². The number of ether oxygens (including phenoxy) is 1. The quantitative estimate of drug-likeness (QED) is 0.203. The molecule has 0 bridgehead atoms. The molecule has 3 aromatic rings. The highest BCUT2D eigenvalue weighted by atomic mass is 32.2. The maximum atomic E-state index is 12.2. The van der Waals surface area contributed by atoms with Crippen LogP contribution in [0.15, 0.2) is 70.9 Å². The number of hydrogen-bond acceptors (Lipinski definition) is 8. The van der Waals surface area contributed by atoms with Gasteiger partial charge in [0, 0.05) is 0 Å². The standard InChI is InChI=1S/C21H23N7O2S/c1-15(12-13-16-8-4-3-5-9-16)24-25-20-26-27-21(28(20)22)31-14-19(29)23-17-10-6-7-11-18(17)30-2/h3-13H,14,22H2,1-2H3,(H,23,29)(H,25,26)/b13-12+,24-15+. The van der Waals surface area contributed by atoms with Gasteiger partial charge in [-0.1, -0.05) is 60.3 Å². The molecule has 10 heteroatoms. The largest absolute Gasteiger partial charge is 0.495 e. The molecule has 1 amide bonds. The van der Waals surface area contributed by atoms with E-state index < -0.39 is 0 Å². The number of benzene rings is 2. The molecule has 2 aromatic carbocycles. The summed E-state index contributed by atoms with van der Waals surface area (Å²) in [6.07, 6.45) is 3.83. The van der Waals surface area contributed by atoms with Crippen LogP contribution in [0.3, 0.4) is 0 Å². The first-order chi connectivity index (χ1) is 15.1. The van der Waals surface area contributed by atoms with Crippen molar-refractivity contribution in [1.82, 2.24) is 14.9 Å². The molecular formula is C21H23N7O2S. The number of aromatic nitrogens is 3. The number of amides is 1. The van der Waals surface area contributed by atoms with Crippen LogP contribution in [0.4, 0.5) is 11.6 Å². The minimum absolute atomic E-state index is 0.107. The van der Waals surface area contributed by atoms with Crippen LogP contribution in [0.2, 0.25) is 0 Å². The number of carbonyl (C=O) groups is 1. The van der Waals surface area contributed by atoms with Gasteiger partial charge in [0.2, 0.25) is 11.1 Å². The highest BCUT2D eigenvalue weighted by molar-refractivity contribution is 7.99. The van der Waals surface area contributed by atoms with Crippen molar-refractivity contribution in [3.05, 3.63) is 66.2 Å². The van der Waals surface area contributed by atoms with E-state index in [4.69, 9.17) is 10.6 Å². The number of methoxy groups -OCH3 is 1. The molecule has 0 aliphatic rings. The molecule has 160 valence electrons. The topological polar surface area (TPSA) is 119 Å². The number of nitrogens with zero attached hydrogens (tertiary/aromatic N) is 4. The molecule has 0 aliphatic heterocycles. The lowest BCUT2D eigenvalue weighted by Gasteiger charge is -2.09. The maximum Gasteiger partial charge on any atom is 0.264 e. The number of para-hydroxylation sites is 2. The summed E-state index contributed by atoms with van der Waals surface area (Å²) in [5.74, 6) is 6.75. The van der Waals surface area contributed by atoms with Crippen molar-refractivity contribution in [2.75, 3.05) is 29.4 Å². The van der Waals surface area contributed by atoms with Crippen molar-refractivity contribution in [3.8, 4) is 5.75 Å². The van der Waals surface area contributed by atoms with Crippen molar-refractivity contribution in [2.45, 2.75) is 12.1 Å². The van der Waals surface area contributed by atoms with Crippen molar-refractivity contribution in [3.63, 3.8) is 0 Å². The first-order valence-corrected chi connectivity index (χ1v) is 10.3. The van der Waals surface area contributed by atoms with Crippen molar-refractivity contribution < 1.29 is 9.53 Å². The Kier molecular flexibility index (Phi) is 7.66. The van der Waals surface area contributed by atoms with Crippen LogP contribution in [-0.4, -0.2) is 39.4 Å². The summed E-state index contributed by atoms with van der Waals surface area (Å²) in [4.78, 5) is 12.2. The lowest BCUT2D eigenvalue weighted by molar-refractivity contribution is -0.113. The van der Waals surface area contributed by atoms with E-state index in [9.17, 15) is 4.79 Å². The summed E-state index contributed by atoms with van der Waals surface area (Å²) in [5, 5.41) is 15.4. The lowest BCUT2D eigenvalue weighted by atomic mass is 10.2. The fraction of sp³-hybridized carbons (Fsp3) is 0.143. The van der Waals surface area contributed by atoms with Gasteiger partial charge in [-0.2, -0.15) is 5.10 Å². The number of anilines is 2. The molecule has 0 unspecified atom stereocenters. The third-order valence-electron chi connectivity index (χ3n) is 4.03. The predicted octanol–water partition coefficient (Wildman–Crippen LogP) is 3.23. The summed E-state index contributed by atoms with van der Waals surface area (Å²) in [6.45, 7) is 1.85. The van der Waals surface area contributed by atoms with E-state index in [0.29, 0.717) is 16.6 Å². The highest BCUT2D eigenvalue weighted by Crippen LogP contribution is 2.24. The number of nitrogens with one attached hydrogen (secondary N) is 2. The van der Waals surface area contributed by atoms with Gasteiger partial charge in [-0.3, -0.25) is 4.79 Å². The molecule has 3 rings (SSSR count). The summed E-state index contributed by atoms with van der Waals surface area (Å²) in [5.41, 5.74) is 5.19. The van der Waals surface area contributed by atoms with Crippen molar-refractivity contribution >= 4 is 41.1 Å². The lowest BCUT2D eigenvalue weighted by Crippen LogP contribution is -2.17. The fourth-order valence-corrected chi connectivity index (χ4v) is 3.13. The van der Waals surface area contributed by atoms with Crippen molar-refractivity contribution in [1.29, 1.82) is 0 Å². The Morgan fingerprint density at radius 2 is 1.94 bits per heavy atom. The summed E-state index contributed by atoms with van der Waals surface area (Å²) in [7, 11) is 1.55. The highest BCUT2D eigenvalue weighted by Gasteiger charge is 2.13. The molecule has 9 nitrogen and oxygen atoms in total. The van der Waals surface area contributed by atoms with Gasteiger partial charge >= 0.3 is 0 Å². The van der Waals surface area contributed by atoms with E-state index in [1.165, 1.54) is 4.68 Å². The summed E-state index contributed by atoms with van der Waals surface area (Å²) in [6, 6.07) is 17.1. The molecule has 31 heavy (non-hydrogen) atoms. The van der Waals surface area contributed by atoms with Crippen LogP contribution < -0.4 is 21.3 Å².